The van der Waals surface area contributed by atoms with E-state index in [-0.39, 0.29) is 5.91 Å². The summed E-state index contributed by atoms with van der Waals surface area (Å²) in [5, 5.41) is 5.09. The second kappa shape index (κ2) is 5.86. The third-order valence-corrected chi connectivity index (χ3v) is 4.10. The van der Waals surface area contributed by atoms with Crippen LogP contribution in [0.2, 0.25) is 0 Å². The lowest BCUT2D eigenvalue weighted by Gasteiger charge is -2.02. The average Bonchev–Trinajstić information content (AvgIpc) is 3.16. The molecule has 3 aromatic rings. The first-order valence-corrected chi connectivity index (χ1v) is 7.67. The standard InChI is InChI=1S/C18H15N5O2/c1-23-10-11(13-8-12(25-2)3-4-16(13)23)7-14-17(21-22-18(14)24)15-9-19-5-6-20-15/h3-10H,1-2H3,(H,22,24)/b14-7-. The van der Waals surface area contributed by atoms with E-state index in [2.05, 4.69) is 20.5 Å². The highest BCUT2D eigenvalue weighted by Crippen LogP contribution is 2.28. The SMILES string of the molecule is COc1ccc2c(c1)c(/C=C1\C(=O)NN=C1c1cnccn1)cn2C. The molecule has 0 radical (unpaired) electrons. The summed E-state index contributed by atoms with van der Waals surface area (Å²) >= 11 is 0. The number of nitrogens with zero attached hydrogens (tertiary/aromatic N) is 4. The fourth-order valence-corrected chi connectivity index (χ4v) is 2.88. The Hall–Kier alpha value is -3.48. The second-order valence-electron chi connectivity index (χ2n) is 5.63. The zero-order valence-electron chi connectivity index (χ0n) is 13.7. The number of aromatic nitrogens is 3. The number of rotatable bonds is 3. The Balaban J connectivity index is 1.86. The van der Waals surface area contributed by atoms with Crippen molar-refractivity contribution in [2.75, 3.05) is 7.11 Å². The molecule has 1 aromatic carbocycles. The maximum atomic E-state index is 12.3. The molecule has 1 aliphatic heterocycles. The van der Waals surface area contributed by atoms with E-state index in [1.165, 1.54) is 0 Å². The van der Waals surface area contributed by atoms with Crippen LogP contribution in [0.5, 0.6) is 5.75 Å². The van der Waals surface area contributed by atoms with Gasteiger partial charge in [-0.1, -0.05) is 0 Å². The van der Waals surface area contributed by atoms with Gasteiger partial charge in [0.15, 0.2) is 0 Å². The summed E-state index contributed by atoms with van der Waals surface area (Å²) in [7, 11) is 3.59. The minimum Gasteiger partial charge on any atom is -0.497 e. The second-order valence-corrected chi connectivity index (χ2v) is 5.63. The average molecular weight is 333 g/mol. The monoisotopic (exact) mass is 333 g/mol. The van der Waals surface area contributed by atoms with E-state index in [0.29, 0.717) is 17.0 Å². The van der Waals surface area contributed by atoms with Gasteiger partial charge >= 0.3 is 0 Å². The molecule has 7 heteroatoms. The van der Waals surface area contributed by atoms with E-state index >= 15 is 0 Å². The molecular formula is C18H15N5O2. The van der Waals surface area contributed by atoms with Gasteiger partial charge in [0.25, 0.3) is 5.91 Å². The molecule has 0 aliphatic carbocycles. The molecule has 0 atom stereocenters. The summed E-state index contributed by atoms with van der Waals surface area (Å²) in [6.45, 7) is 0. The van der Waals surface area contributed by atoms with Crippen molar-refractivity contribution in [3.8, 4) is 5.75 Å². The number of benzene rings is 1. The lowest BCUT2D eigenvalue weighted by molar-refractivity contribution is -0.116. The minimum atomic E-state index is -0.263. The normalized spacial score (nSPS) is 15.5. The van der Waals surface area contributed by atoms with Gasteiger partial charge in [0.2, 0.25) is 0 Å². The quantitative estimate of drug-likeness (QED) is 0.742. The smallest absolute Gasteiger partial charge is 0.273 e. The van der Waals surface area contributed by atoms with Gasteiger partial charge in [0.1, 0.15) is 17.2 Å². The summed E-state index contributed by atoms with van der Waals surface area (Å²) in [6, 6.07) is 5.85. The van der Waals surface area contributed by atoms with Crippen LogP contribution in [0.4, 0.5) is 0 Å². The third-order valence-electron chi connectivity index (χ3n) is 4.10. The van der Waals surface area contributed by atoms with E-state index in [0.717, 1.165) is 22.2 Å². The van der Waals surface area contributed by atoms with Crippen LogP contribution < -0.4 is 10.2 Å². The van der Waals surface area contributed by atoms with Crippen LogP contribution in [-0.4, -0.2) is 33.3 Å². The molecule has 1 aliphatic rings. The van der Waals surface area contributed by atoms with Crippen LogP contribution in [0.15, 0.2) is 53.7 Å². The molecule has 0 fully saturated rings. The zero-order chi connectivity index (χ0) is 17.4. The predicted octanol–water partition coefficient (Wildman–Crippen LogP) is 1.89. The van der Waals surface area contributed by atoms with Crippen molar-refractivity contribution in [3.05, 3.63) is 59.8 Å². The molecule has 0 bridgehead atoms. The van der Waals surface area contributed by atoms with Crippen molar-refractivity contribution >= 4 is 28.6 Å². The Bertz CT molecular complexity index is 1030. The van der Waals surface area contributed by atoms with Gasteiger partial charge in [-0.05, 0) is 24.3 Å². The van der Waals surface area contributed by atoms with Gasteiger partial charge in [-0.2, -0.15) is 5.10 Å². The number of carbonyl (C=O) groups excluding carboxylic acids is 1. The van der Waals surface area contributed by atoms with Gasteiger partial charge < -0.3 is 9.30 Å². The van der Waals surface area contributed by atoms with E-state index in [9.17, 15) is 4.79 Å². The van der Waals surface area contributed by atoms with Crippen LogP contribution in [-0.2, 0) is 11.8 Å². The predicted molar refractivity (Wildman–Crippen MR) is 94.2 cm³/mol. The number of nitrogens with one attached hydrogen (secondary N) is 1. The van der Waals surface area contributed by atoms with E-state index in [1.54, 1.807) is 25.7 Å². The highest BCUT2D eigenvalue weighted by Gasteiger charge is 2.25. The number of hydrazone groups is 1. The summed E-state index contributed by atoms with van der Waals surface area (Å²) in [6.07, 6.45) is 8.52. The Morgan fingerprint density at radius 2 is 2.16 bits per heavy atom. The maximum absolute atomic E-state index is 12.3. The first-order chi connectivity index (χ1) is 12.2. The number of ether oxygens (including phenoxy) is 1. The van der Waals surface area contributed by atoms with E-state index < -0.39 is 0 Å². The summed E-state index contributed by atoms with van der Waals surface area (Å²) < 4.78 is 7.32. The molecule has 1 N–H and O–H groups in total. The van der Waals surface area contributed by atoms with Crippen LogP contribution >= 0.6 is 0 Å². The molecule has 0 saturated carbocycles. The summed E-state index contributed by atoms with van der Waals surface area (Å²) in [5.41, 5.74) is 5.93. The molecule has 2 aromatic heterocycles. The molecule has 7 nitrogen and oxygen atoms in total. The Labute approximate surface area is 143 Å². The number of amides is 1. The largest absolute Gasteiger partial charge is 0.497 e. The number of hydrogen-bond acceptors (Lipinski definition) is 5. The first-order valence-electron chi connectivity index (χ1n) is 7.67. The first kappa shape index (κ1) is 15.1. The zero-order valence-corrected chi connectivity index (χ0v) is 13.7. The fourth-order valence-electron chi connectivity index (χ4n) is 2.88. The molecular weight excluding hydrogens is 318 g/mol. The van der Waals surface area contributed by atoms with Crippen LogP contribution in [0.1, 0.15) is 11.3 Å². The van der Waals surface area contributed by atoms with Crippen LogP contribution in [0.3, 0.4) is 0 Å². The summed E-state index contributed by atoms with van der Waals surface area (Å²) in [4.78, 5) is 20.5. The molecule has 25 heavy (non-hydrogen) atoms. The topological polar surface area (TPSA) is 81.4 Å². The highest BCUT2D eigenvalue weighted by molar-refractivity contribution is 6.32. The van der Waals surface area contributed by atoms with Gasteiger partial charge in [-0.25, -0.2) is 5.43 Å². The number of carbonyl (C=O) groups is 1. The van der Waals surface area contributed by atoms with Gasteiger partial charge in [0.05, 0.1) is 18.9 Å². The van der Waals surface area contributed by atoms with E-state index in [1.807, 2.05) is 42.1 Å². The lowest BCUT2D eigenvalue weighted by atomic mass is 10.0. The van der Waals surface area contributed by atoms with Crippen LogP contribution in [0.25, 0.3) is 17.0 Å². The molecule has 0 spiro atoms. The Morgan fingerprint density at radius 3 is 2.92 bits per heavy atom. The van der Waals surface area contributed by atoms with E-state index in [4.69, 9.17) is 4.74 Å². The number of methoxy groups -OCH3 is 1. The molecule has 124 valence electrons. The Morgan fingerprint density at radius 1 is 1.28 bits per heavy atom. The summed E-state index contributed by atoms with van der Waals surface area (Å²) in [5.74, 6) is 0.498. The Kier molecular flexibility index (Phi) is 3.53. The van der Waals surface area contributed by atoms with Crippen molar-refractivity contribution in [2.45, 2.75) is 0 Å². The molecule has 0 unspecified atom stereocenters. The highest BCUT2D eigenvalue weighted by atomic mass is 16.5. The van der Waals surface area contributed by atoms with Gasteiger partial charge in [-0.3, -0.25) is 14.8 Å². The third kappa shape index (κ3) is 2.55. The number of hydrogen-bond donors (Lipinski definition) is 1. The van der Waals surface area contributed by atoms with Crippen LogP contribution in [0, 0.1) is 0 Å². The lowest BCUT2D eigenvalue weighted by Crippen LogP contribution is -2.14. The van der Waals surface area contributed by atoms with Crippen molar-refractivity contribution in [1.82, 2.24) is 20.0 Å². The molecule has 0 saturated heterocycles. The molecule has 1 amide bonds. The van der Waals surface area contributed by atoms with Crippen molar-refractivity contribution in [2.24, 2.45) is 12.1 Å². The van der Waals surface area contributed by atoms with Crippen molar-refractivity contribution < 1.29 is 9.53 Å². The van der Waals surface area contributed by atoms with Gasteiger partial charge in [0, 0.05) is 42.1 Å². The minimum absolute atomic E-state index is 0.263. The molecule has 3 heterocycles. The van der Waals surface area contributed by atoms with Crippen molar-refractivity contribution in [3.63, 3.8) is 0 Å². The number of fused-ring (bicyclic) bond motifs is 1. The fraction of sp³-hybridized carbons (Fsp3) is 0.111. The molecule has 4 rings (SSSR count). The maximum Gasteiger partial charge on any atom is 0.273 e. The van der Waals surface area contributed by atoms with Gasteiger partial charge in [-0.15, -0.1) is 0 Å². The van der Waals surface area contributed by atoms with Crippen molar-refractivity contribution in [1.29, 1.82) is 0 Å². The number of aryl methyl sites for hydroxylation is 1.